The third kappa shape index (κ3) is 3.03. The number of carboxylic acid groups (broad SMARTS) is 1. The molecular formula is C16H15ClO4. The average molecular weight is 307 g/mol. The highest BCUT2D eigenvalue weighted by Gasteiger charge is 2.47. The minimum Gasteiger partial charge on any atom is -0.481 e. The number of carbonyl (C=O) groups excluding carboxylic acids is 1. The van der Waals surface area contributed by atoms with E-state index in [1.807, 2.05) is 0 Å². The maximum absolute atomic E-state index is 11.6. The minimum atomic E-state index is -0.913. The fourth-order valence-electron chi connectivity index (χ4n) is 2.45. The van der Waals surface area contributed by atoms with E-state index in [0.717, 1.165) is 6.42 Å². The summed E-state index contributed by atoms with van der Waals surface area (Å²) in [5, 5.41) is 9.97. The van der Waals surface area contributed by atoms with Gasteiger partial charge in [0.2, 0.25) is 0 Å². The van der Waals surface area contributed by atoms with Gasteiger partial charge in [-0.15, -0.1) is 0 Å². The molecule has 0 aliphatic heterocycles. The lowest BCUT2D eigenvalue weighted by Gasteiger charge is -2.38. The van der Waals surface area contributed by atoms with Gasteiger partial charge in [-0.2, -0.15) is 0 Å². The Morgan fingerprint density at radius 2 is 2.14 bits per heavy atom. The molecule has 0 unspecified atom stereocenters. The van der Waals surface area contributed by atoms with Crippen LogP contribution in [-0.4, -0.2) is 23.7 Å². The van der Waals surface area contributed by atoms with Crippen molar-refractivity contribution < 1.29 is 19.4 Å². The lowest BCUT2D eigenvalue weighted by molar-refractivity contribution is -0.147. The Morgan fingerprint density at radius 3 is 2.67 bits per heavy atom. The van der Waals surface area contributed by atoms with E-state index in [1.54, 1.807) is 25.1 Å². The molecular weight excluding hydrogens is 292 g/mol. The van der Waals surface area contributed by atoms with E-state index in [4.69, 9.17) is 16.3 Å². The fraction of sp³-hybridized carbons (Fsp3) is 0.375. The summed E-state index contributed by atoms with van der Waals surface area (Å²) in [5.74, 6) is 3.56. The van der Waals surface area contributed by atoms with Crippen LogP contribution < -0.4 is 0 Å². The summed E-state index contributed by atoms with van der Waals surface area (Å²) in [5.41, 5.74) is 0.170. The second-order valence-electron chi connectivity index (χ2n) is 4.90. The molecule has 5 heteroatoms. The Balaban J connectivity index is 2.43. The number of hydrogen-bond donors (Lipinski definition) is 1. The molecule has 1 saturated carbocycles. The van der Waals surface area contributed by atoms with Crippen molar-refractivity contribution in [2.45, 2.75) is 31.6 Å². The van der Waals surface area contributed by atoms with Crippen molar-refractivity contribution in [1.29, 1.82) is 0 Å². The van der Waals surface area contributed by atoms with Crippen LogP contribution in [0.3, 0.4) is 0 Å². The van der Waals surface area contributed by atoms with Gasteiger partial charge in [-0.05, 0) is 37.5 Å². The van der Waals surface area contributed by atoms with Gasteiger partial charge in [0.15, 0.2) is 0 Å². The van der Waals surface area contributed by atoms with Gasteiger partial charge in [-0.1, -0.05) is 30.0 Å². The van der Waals surface area contributed by atoms with Gasteiger partial charge >= 0.3 is 11.9 Å². The van der Waals surface area contributed by atoms with Gasteiger partial charge in [0.1, 0.15) is 0 Å². The zero-order valence-corrected chi connectivity index (χ0v) is 12.4. The van der Waals surface area contributed by atoms with E-state index in [1.165, 1.54) is 0 Å². The van der Waals surface area contributed by atoms with Crippen LogP contribution in [-0.2, 0) is 19.7 Å². The number of benzene rings is 1. The third-order valence-corrected chi connectivity index (χ3v) is 3.92. The largest absolute Gasteiger partial charge is 0.481 e. The zero-order chi connectivity index (χ0) is 15.5. The second-order valence-corrected chi connectivity index (χ2v) is 5.34. The number of carboxylic acids is 1. The molecule has 1 N–H and O–H groups in total. The number of esters is 1. The van der Waals surface area contributed by atoms with Gasteiger partial charge in [0, 0.05) is 16.5 Å². The molecule has 1 aliphatic carbocycles. The van der Waals surface area contributed by atoms with E-state index < -0.39 is 17.4 Å². The molecule has 4 nitrogen and oxygen atoms in total. The molecule has 0 aromatic heterocycles. The average Bonchev–Trinajstić information content (AvgIpc) is 2.37. The normalized spacial score (nSPS) is 15.3. The van der Waals surface area contributed by atoms with Crippen molar-refractivity contribution in [1.82, 2.24) is 0 Å². The summed E-state index contributed by atoms with van der Waals surface area (Å²) in [6, 6.07) is 4.92. The molecule has 0 bridgehead atoms. The molecule has 0 heterocycles. The van der Waals surface area contributed by atoms with Crippen molar-refractivity contribution in [2.75, 3.05) is 6.61 Å². The predicted octanol–water partition coefficient (Wildman–Crippen LogP) is 2.76. The van der Waals surface area contributed by atoms with Crippen LogP contribution >= 0.6 is 11.6 Å². The Kier molecular flexibility index (Phi) is 4.54. The summed E-state index contributed by atoms with van der Waals surface area (Å²) >= 11 is 5.95. The number of aliphatic carboxylic acids is 1. The number of hydrogen-bond acceptors (Lipinski definition) is 3. The van der Waals surface area contributed by atoms with Gasteiger partial charge in [-0.25, -0.2) is 4.79 Å². The predicted molar refractivity (Wildman–Crippen MR) is 78.1 cm³/mol. The van der Waals surface area contributed by atoms with Gasteiger partial charge in [0.25, 0.3) is 0 Å². The molecule has 21 heavy (non-hydrogen) atoms. The summed E-state index contributed by atoms with van der Waals surface area (Å²) in [6.45, 7) is 1.94. The molecule has 1 aromatic carbocycles. The quantitative estimate of drug-likeness (QED) is 0.689. The zero-order valence-electron chi connectivity index (χ0n) is 11.6. The van der Waals surface area contributed by atoms with Crippen molar-refractivity contribution >= 4 is 23.5 Å². The molecule has 2 rings (SSSR count). The summed E-state index contributed by atoms with van der Waals surface area (Å²) in [6.07, 6.45) is 2.00. The first-order chi connectivity index (χ1) is 9.99. The van der Waals surface area contributed by atoms with Gasteiger partial charge in [-0.3, -0.25) is 4.79 Å². The summed E-state index contributed by atoms with van der Waals surface area (Å²) in [4.78, 5) is 22.9. The molecule has 110 valence electrons. The van der Waals surface area contributed by atoms with E-state index >= 15 is 0 Å². The van der Waals surface area contributed by atoms with Gasteiger partial charge < -0.3 is 9.84 Å². The van der Waals surface area contributed by atoms with E-state index in [9.17, 15) is 14.7 Å². The SMILES string of the molecule is CCOC(=O)C#Cc1cc(Cl)ccc1C1(C(=O)O)CCC1. The lowest BCUT2D eigenvalue weighted by atomic mass is 9.63. The van der Waals surface area contributed by atoms with Crippen molar-refractivity contribution in [2.24, 2.45) is 0 Å². The molecule has 1 aromatic rings. The van der Waals surface area contributed by atoms with E-state index in [2.05, 4.69) is 11.8 Å². The first-order valence-electron chi connectivity index (χ1n) is 6.72. The molecule has 0 atom stereocenters. The highest BCUT2D eigenvalue weighted by molar-refractivity contribution is 6.30. The number of carbonyl (C=O) groups is 2. The van der Waals surface area contributed by atoms with Crippen LogP contribution in [0.5, 0.6) is 0 Å². The first-order valence-corrected chi connectivity index (χ1v) is 7.09. The van der Waals surface area contributed by atoms with Crippen LogP contribution in [0.15, 0.2) is 18.2 Å². The van der Waals surface area contributed by atoms with Crippen LogP contribution in [0.4, 0.5) is 0 Å². The standard InChI is InChI=1S/C16H15ClO4/c1-2-21-14(18)7-4-11-10-12(17)5-6-13(11)16(15(19)20)8-3-9-16/h5-6,10H,2-3,8-9H2,1H3,(H,19,20). The topological polar surface area (TPSA) is 63.6 Å². The summed E-state index contributed by atoms with van der Waals surface area (Å²) in [7, 11) is 0. The van der Waals surface area contributed by atoms with Crippen LogP contribution in [0.25, 0.3) is 0 Å². The second kappa shape index (κ2) is 6.19. The molecule has 1 aliphatic rings. The van der Waals surface area contributed by atoms with Crippen LogP contribution in [0.1, 0.15) is 37.3 Å². The minimum absolute atomic E-state index is 0.245. The van der Waals surface area contributed by atoms with Gasteiger partial charge in [0.05, 0.1) is 12.0 Å². The highest BCUT2D eigenvalue weighted by atomic mass is 35.5. The van der Waals surface area contributed by atoms with Crippen molar-refractivity contribution in [3.05, 3.63) is 34.3 Å². The highest BCUT2D eigenvalue weighted by Crippen LogP contribution is 2.45. The maximum atomic E-state index is 11.6. The Bertz CT molecular complexity index is 635. The molecule has 0 saturated heterocycles. The molecule has 1 fully saturated rings. The molecule has 0 amide bonds. The fourth-order valence-corrected chi connectivity index (χ4v) is 2.62. The maximum Gasteiger partial charge on any atom is 0.384 e. The Morgan fingerprint density at radius 1 is 1.43 bits per heavy atom. The molecule has 0 spiro atoms. The number of halogens is 1. The first kappa shape index (κ1) is 15.4. The Labute approximate surface area is 128 Å². The molecule has 0 radical (unpaired) electrons. The van der Waals surface area contributed by atoms with Crippen LogP contribution in [0.2, 0.25) is 5.02 Å². The van der Waals surface area contributed by atoms with Crippen molar-refractivity contribution in [3.63, 3.8) is 0 Å². The van der Waals surface area contributed by atoms with E-state index in [-0.39, 0.29) is 6.61 Å². The Hall–Kier alpha value is -1.99. The monoisotopic (exact) mass is 306 g/mol. The smallest absolute Gasteiger partial charge is 0.384 e. The van der Waals surface area contributed by atoms with Crippen LogP contribution in [0, 0.1) is 11.8 Å². The summed E-state index contributed by atoms with van der Waals surface area (Å²) < 4.78 is 4.75. The van der Waals surface area contributed by atoms with E-state index in [0.29, 0.717) is 29.0 Å². The lowest BCUT2D eigenvalue weighted by Crippen LogP contribution is -2.42. The third-order valence-electron chi connectivity index (χ3n) is 3.69. The van der Waals surface area contributed by atoms with Crippen molar-refractivity contribution in [3.8, 4) is 11.8 Å². The number of ether oxygens (including phenoxy) is 1. The number of rotatable bonds is 3.